The van der Waals surface area contributed by atoms with Crippen LogP contribution in [-0.2, 0) is 13.2 Å². The molecular formula is C26H22BrCl2NO2. The first-order valence-electron chi connectivity index (χ1n) is 10.3. The first-order chi connectivity index (χ1) is 15.5. The van der Waals surface area contributed by atoms with Crippen LogP contribution < -0.4 is 14.8 Å². The molecule has 0 amide bonds. The van der Waals surface area contributed by atoms with Crippen molar-refractivity contribution >= 4 is 55.6 Å². The molecule has 6 heteroatoms. The third-order valence-electron chi connectivity index (χ3n) is 5.04. The topological polar surface area (TPSA) is 30.5 Å². The molecule has 0 aliphatic carbocycles. The van der Waals surface area contributed by atoms with Gasteiger partial charge in [0.1, 0.15) is 6.61 Å². The Morgan fingerprint density at radius 1 is 0.906 bits per heavy atom. The van der Waals surface area contributed by atoms with Crippen LogP contribution in [0, 0.1) is 0 Å². The van der Waals surface area contributed by atoms with Crippen molar-refractivity contribution in [1.82, 2.24) is 0 Å². The highest BCUT2D eigenvalue weighted by molar-refractivity contribution is 9.10. The molecule has 0 heterocycles. The van der Waals surface area contributed by atoms with Crippen molar-refractivity contribution in [3.63, 3.8) is 0 Å². The predicted molar refractivity (Wildman–Crippen MR) is 137 cm³/mol. The van der Waals surface area contributed by atoms with Gasteiger partial charge in [0.05, 0.1) is 21.8 Å². The highest BCUT2D eigenvalue weighted by Gasteiger charge is 2.14. The van der Waals surface area contributed by atoms with E-state index in [-0.39, 0.29) is 0 Å². The Bertz CT molecular complexity index is 1240. The van der Waals surface area contributed by atoms with E-state index in [2.05, 4.69) is 51.6 Å². The summed E-state index contributed by atoms with van der Waals surface area (Å²) < 4.78 is 13.0. The standard InChI is InChI=1S/C26H22BrCl2NO2/c1-2-31-25-13-17(15-30-24-11-10-20(28)14-23(24)29)12-22(27)26(25)32-16-19-8-5-7-18-6-3-4-9-21(18)19/h3-14,30H,2,15-16H2,1H3. The average Bonchev–Trinajstić information content (AvgIpc) is 2.78. The Morgan fingerprint density at radius 2 is 1.72 bits per heavy atom. The SMILES string of the molecule is CCOc1cc(CNc2ccc(Cl)cc2Cl)cc(Br)c1OCc1cccc2ccccc12. The normalized spacial score (nSPS) is 10.9. The minimum Gasteiger partial charge on any atom is -0.490 e. The van der Waals surface area contributed by atoms with Crippen molar-refractivity contribution in [2.45, 2.75) is 20.1 Å². The molecule has 0 atom stereocenters. The Morgan fingerprint density at radius 3 is 2.53 bits per heavy atom. The van der Waals surface area contributed by atoms with Gasteiger partial charge < -0.3 is 14.8 Å². The number of rotatable bonds is 8. The van der Waals surface area contributed by atoms with E-state index in [0.717, 1.165) is 21.3 Å². The van der Waals surface area contributed by atoms with E-state index in [1.54, 1.807) is 6.07 Å². The lowest BCUT2D eigenvalue weighted by molar-refractivity contribution is 0.268. The molecule has 164 valence electrons. The molecular weight excluding hydrogens is 509 g/mol. The first kappa shape index (κ1) is 22.8. The summed E-state index contributed by atoms with van der Waals surface area (Å²) in [7, 11) is 0. The lowest BCUT2D eigenvalue weighted by Crippen LogP contribution is -2.04. The average molecular weight is 531 g/mol. The Labute approximate surface area is 206 Å². The largest absolute Gasteiger partial charge is 0.490 e. The molecule has 4 rings (SSSR count). The van der Waals surface area contributed by atoms with Gasteiger partial charge in [-0.25, -0.2) is 0 Å². The fraction of sp³-hybridized carbons (Fsp3) is 0.154. The van der Waals surface area contributed by atoms with E-state index in [9.17, 15) is 0 Å². The van der Waals surface area contributed by atoms with Crippen LogP contribution in [0.1, 0.15) is 18.1 Å². The van der Waals surface area contributed by atoms with Gasteiger partial charge in [0.25, 0.3) is 0 Å². The maximum atomic E-state index is 6.27. The van der Waals surface area contributed by atoms with Crippen LogP contribution >= 0.6 is 39.1 Å². The summed E-state index contributed by atoms with van der Waals surface area (Å²) in [5.41, 5.74) is 2.98. The van der Waals surface area contributed by atoms with Crippen LogP contribution in [0.5, 0.6) is 11.5 Å². The van der Waals surface area contributed by atoms with Crippen LogP contribution in [0.3, 0.4) is 0 Å². The fourth-order valence-corrected chi connectivity index (χ4v) is 4.60. The second kappa shape index (κ2) is 10.5. The van der Waals surface area contributed by atoms with Crippen LogP contribution in [-0.4, -0.2) is 6.61 Å². The zero-order valence-corrected chi connectivity index (χ0v) is 20.6. The third kappa shape index (κ3) is 5.32. The monoisotopic (exact) mass is 529 g/mol. The lowest BCUT2D eigenvalue weighted by atomic mass is 10.1. The van der Waals surface area contributed by atoms with Gasteiger partial charge in [0, 0.05) is 11.6 Å². The molecule has 1 N–H and O–H groups in total. The lowest BCUT2D eigenvalue weighted by Gasteiger charge is -2.17. The molecule has 0 bridgehead atoms. The predicted octanol–water partition coefficient (Wildman–Crippen LogP) is 8.50. The van der Waals surface area contributed by atoms with Crippen LogP contribution in [0.25, 0.3) is 10.8 Å². The summed E-state index contributed by atoms with van der Waals surface area (Å²) in [5, 5.41) is 6.91. The van der Waals surface area contributed by atoms with Gasteiger partial charge in [-0.05, 0) is 75.1 Å². The second-order valence-electron chi connectivity index (χ2n) is 7.24. The minimum absolute atomic E-state index is 0.442. The summed E-state index contributed by atoms with van der Waals surface area (Å²) in [6.45, 7) is 3.51. The second-order valence-corrected chi connectivity index (χ2v) is 8.94. The number of halogens is 3. The maximum absolute atomic E-state index is 6.27. The zero-order valence-electron chi connectivity index (χ0n) is 17.5. The number of fused-ring (bicyclic) bond motifs is 1. The van der Waals surface area contributed by atoms with Crippen LogP contribution in [0.15, 0.2) is 77.3 Å². The number of hydrogen-bond acceptors (Lipinski definition) is 3. The molecule has 0 unspecified atom stereocenters. The number of anilines is 1. The van der Waals surface area contributed by atoms with Crippen LogP contribution in [0.4, 0.5) is 5.69 Å². The van der Waals surface area contributed by atoms with E-state index in [4.69, 9.17) is 32.7 Å². The molecule has 3 nitrogen and oxygen atoms in total. The third-order valence-corrected chi connectivity index (χ3v) is 6.17. The highest BCUT2D eigenvalue weighted by Crippen LogP contribution is 2.38. The van der Waals surface area contributed by atoms with Crippen molar-refractivity contribution in [3.8, 4) is 11.5 Å². The van der Waals surface area contributed by atoms with Gasteiger partial charge in [-0.2, -0.15) is 0 Å². The number of ether oxygens (including phenoxy) is 2. The van der Waals surface area contributed by atoms with Gasteiger partial charge in [0.15, 0.2) is 11.5 Å². The van der Waals surface area contributed by atoms with E-state index >= 15 is 0 Å². The number of benzene rings is 4. The maximum Gasteiger partial charge on any atom is 0.175 e. The minimum atomic E-state index is 0.442. The molecule has 0 aromatic heterocycles. The summed E-state index contributed by atoms with van der Waals surface area (Å²) in [4.78, 5) is 0. The van der Waals surface area contributed by atoms with Gasteiger partial charge in [-0.1, -0.05) is 65.7 Å². The van der Waals surface area contributed by atoms with E-state index in [1.807, 2.05) is 43.3 Å². The van der Waals surface area contributed by atoms with Gasteiger partial charge in [-0.3, -0.25) is 0 Å². The van der Waals surface area contributed by atoms with Crippen molar-refractivity contribution in [2.75, 3.05) is 11.9 Å². The molecule has 0 fully saturated rings. The molecule has 0 radical (unpaired) electrons. The van der Waals surface area contributed by atoms with Crippen molar-refractivity contribution < 1.29 is 9.47 Å². The van der Waals surface area contributed by atoms with E-state index in [1.165, 1.54) is 10.8 Å². The fourth-order valence-electron chi connectivity index (χ4n) is 3.52. The summed E-state index contributed by atoms with van der Waals surface area (Å²) in [6.07, 6.45) is 0. The van der Waals surface area contributed by atoms with Gasteiger partial charge >= 0.3 is 0 Å². The quantitative estimate of drug-likeness (QED) is 0.247. The number of nitrogens with one attached hydrogen (secondary N) is 1. The zero-order chi connectivity index (χ0) is 22.5. The van der Waals surface area contributed by atoms with E-state index < -0.39 is 0 Å². The molecule has 32 heavy (non-hydrogen) atoms. The van der Waals surface area contributed by atoms with Crippen molar-refractivity contribution in [1.29, 1.82) is 0 Å². The van der Waals surface area contributed by atoms with Gasteiger partial charge in [-0.15, -0.1) is 0 Å². The Kier molecular flexibility index (Phi) is 7.46. The van der Waals surface area contributed by atoms with E-state index in [0.29, 0.717) is 41.3 Å². The Hall–Kier alpha value is -2.40. The summed E-state index contributed by atoms with van der Waals surface area (Å²) in [5.74, 6) is 1.38. The molecule has 0 spiro atoms. The Balaban J connectivity index is 1.54. The highest BCUT2D eigenvalue weighted by atomic mass is 79.9. The summed E-state index contributed by atoms with van der Waals surface area (Å²) >= 11 is 15.9. The molecule has 0 aliphatic rings. The van der Waals surface area contributed by atoms with Crippen molar-refractivity contribution in [2.24, 2.45) is 0 Å². The smallest absolute Gasteiger partial charge is 0.175 e. The summed E-state index contributed by atoms with van der Waals surface area (Å²) in [6, 6.07) is 24.0. The van der Waals surface area contributed by atoms with Gasteiger partial charge in [0.2, 0.25) is 0 Å². The first-order valence-corrected chi connectivity index (χ1v) is 11.8. The molecule has 4 aromatic carbocycles. The number of hydrogen-bond donors (Lipinski definition) is 1. The molecule has 0 aliphatic heterocycles. The van der Waals surface area contributed by atoms with Crippen LogP contribution in [0.2, 0.25) is 10.0 Å². The molecule has 0 saturated carbocycles. The molecule has 4 aromatic rings. The van der Waals surface area contributed by atoms with Crippen molar-refractivity contribution in [3.05, 3.63) is 98.4 Å². The molecule has 0 saturated heterocycles.